The van der Waals surface area contributed by atoms with Gasteiger partial charge in [-0.25, -0.2) is 4.98 Å². The topological polar surface area (TPSA) is 52.1 Å². The summed E-state index contributed by atoms with van der Waals surface area (Å²) in [6, 6.07) is 61.4. The van der Waals surface area contributed by atoms with Gasteiger partial charge in [-0.05, 0) is 39.6 Å². The molecule has 0 atom stereocenters. The maximum absolute atomic E-state index is 7.09. The van der Waals surface area contributed by atoms with E-state index < -0.39 is 0 Å². The first-order chi connectivity index (χ1) is 27.8. The number of furan rings is 2. The SMILES string of the molecule is c1ccc(-c2cccc3c2oc2c(-c4cccc(-c5cnc6c7ccccc7c7ccccc7c6n5)c4)c4c(cc23)oc2c(-c3ccccc3)cccc24)cc1. The summed E-state index contributed by atoms with van der Waals surface area (Å²) < 4.78 is 14.0. The number of para-hydroxylation sites is 2. The van der Waals surface area contributed by atoms with Crippen LogP contribution in [0.15, 0.2) is 191 Å². The summed E-state index contributed by atoms with van der Waals surface area (Å²) in [5.74, 6) is 0. The van der Waals surface area contributed by atoms with Crippen LogP contribution in [-0.2, 0) is 0 Å². The Balaban J connectivity index is 1.15. The molecule has 12 aromatic rings. The molecular weight excluding hydrogens is 685 g/mol. The molecule has 0 saturated heterocycles. The Morgan fingerprint density at radius 3 is 1.59 bits per heavy atom. The van der Waals surface area contributed by atoms with Crippen molar-refractivity contribution in [2.45, 2.75) is 0 Å². The molecule has 0 saturated carbocycles. The van der Waals surface area contributed by atoms with Crippen LogP contribution >= 0.6 is 0 Å². The third-order valence-corrected chi connectivity index (χ3v) is 11.3. The largest absolute Gasteiger partial charge is 0.455 e. The minimum Gasteiger partial charge on any atom is -0.455 e. The van der Waals surface area contributed by atoms with Crippen LogP contribution in [0.3, 0.4) is 0 Å². The minimum absolute atomic E-state index is 0.808. The van der Waals surface area contributed by atoms with Crippen molar-refractivity contribution in [3.05, 3.63) is 182 Å². The molecular formula is C52H30N2O2. The van der Waals surface area contributed by atoms with Gasteiger partial charge in [-0.2, -0.15) is 0 Å². The lowest BCUT2D eigenvalue weighted by atomic mass is 9.93. The summed E-state index contributed by atoms with van der Waals surface area (Å²) in [5.41, 5.74) is 13.2. The van der Waals surface area contributed by atoms with Crippen LogP contribution in [0, 0.1) is 0 Å². The van der Waals surface area contributed by atoms with Gasteiger partial charge in [0.05, 0.1) is 22.9 Å². The van der Waals surface area contributed by atoms with Crippen LogP contribution in [0.5, 0.6) is 0 Å². The van der Waals surface area contributed by atoms with Crippen molar-refractivity contribution >= 4 is 76.5 Å². The molecule has 0 aliphatic carbocycles. The van der Waals surface area contributed by atoms with Crippen molar-refractivity contribution in [3.63, 3.8) is 0 Å². The second kappa shape index (κ2) is 12.0. The predicted molar refractivity (Wildman–Crippen MR) is 231 cm³/mol. The molecule has 0 radical (unpaired) electrons. The van der Waals surface area contributed by atoms with E-state index in [1.165, 1.54) is 10.8 Å². The van der Waals surface area contributed by atoms with E-state index in [0.29, 0.717) is 0 Å². The van der Waals surface area contributed by atoms with E-state index in [0.717, 1.165) is 110 Å². The molecule has 3 aromatic heterocycles. The molecule has 0 amide bonds. The van der Waals surface area contributed by atoms with Gasteiger partial charge in [0.25, 0.3) is 0 Å². The molecule has 0 N–H and O–H groups in total. The molecule has 56 heavy (non-hydrogen) atoms. The van der Waals surface area contributed by atoms with Gasteiger partial charge < -0.3 is 8.83 Å². The van der Waals surface area contributed by atoms with Gasteiger partial charge >= 0.3 is 0 Å². The lowest BCUT2D eigenvalue weighted by molar-refractivity contribution is 0.665. The standard InChI is InChI=1S/C52H30N2O2/c1-3-14-31(15-4-1)35-24-12-26-41-43-29-45-47(42-27-13-25-36(51(42)55-45)32-16-5-2-6-17-32)46(52(43)56-50(35)41)34-19-11-18-33(28-34)44-30-53-48-39-22-9-7-20-37(39)38-21-8-10-23-40(38)49(48)54-44/h1-30H. The zero-order valence-electron chi connectivity index (χ0n) is 30.0. The van der Waals surface area contributed by atoms with Gasteiger partial charge in [0.1, 0.15) is 22.3 Å². The highest BCUT2D eigenvalue weighted by Crippen LogP contribution is 2.48. The Morgan fingerprint density at radius 1 is 0.357 bits per heavy atom. The number of fused-ring (bicyclic) bond motifs is 12. The maximum atomic E-state index is 7.09. The highest BCUT2D eigenvalue weighted by atomic mass is 16.3. The Kier molecular flexibility index (Phi) is 6.60. The van der Waals surface area contributed by atoms with Gasteiger partial charge in [0.2, 0.25) is 0 Å². The zero-order chi connectivity index (χ0) is 36.7. The van der Waals surface area contributed by atoms with Crippen molar-refractivity contribution in [2.75, 3.05) is 0 Å². The number of aromatic nitrogens is 2. The van der Waals surface area contributed by atoms with Crippen LogP contribution in [0.2, 0.25) is 0 Å². The van der Waals surface area contributed by atoms with Gasteiger partial charge in [0.15, 0.2) is 0 Å². The Morgan fingerprint density at radius 2 is 0.893 bits per heavy atom. The van der Waals surface area contributed by atoms with Crippen LogP contribution in [-0.4, -0.2) is 9.97 Å². The molecule has 260 valence electrons. The van der Waals surface area contributed by atoms with Crippen molar-refractivity contribution in [2.24, 2.45) is 0 Å². The Labute approximate surface area is 320 Å². The third-order valence-electron chi connectivity index (χ3n) is 11.3. The van der Waals surface area contributed by atoms with Crippen LogP contribution in [0.4, 0.5) is 0 Å². The zero-order valence-corrected chi connectivity index (χ0v) is 30.0. The summed E-state index contributed by atoms with van der Waals surface area (Å²) in [5, 5.41) is 8.66. The predicted octanol–water partition coefficient (Wildman–Crippen LogP) is 14.4. The van der Waals surface area contributed by atoms with Crippen molar-refractivity contribution < 1.29 is 8.83 Å². The van der Waals surface area contributed by atoms with E-state index in [1.807, 2.05) is 18.3 Å². The monoisotopic (exact) mass is 714 g/mol. The lowest BCUT2D eigenvalue weighted by Crippen LogP contribution is -1.92. The lowest BCUT2D eigenvalue weighted by Gasteiger charge is -2.11. The Bertz CT molecular complexity index is 3440. The molecule has 0 unspecified atom stereocenters. The van der Waals surface area contributed by atoms with E-state index in [4.69, 9.17) is 18.8 Å². The van der Waals surface area contributed by atoms with Crippen molar-refractivity contribution in [3.8, 4) is 44.6 Å². The van der Waals surface area contributed by atoms with Crippen LogP contribution < -0.4 is 0 Å². The van der Waals surface area contributed by atoms with Crippen LogP contribution in [0.25, 0.3) is 121 Å². The number of hydrogen-bond acceptors (Lipinski definition) is 4. The fourth-order valence-electron chi connectivity index (χ4n) is 8.77. The highest BCUT2D eigenvalue weighted by Gasteiger charge is 2.24. The number of nitrogens with zero attached hydrogens (tertiary/aromatic N) is 2. The average Bonchev–Trinajstić information content (AvgIpc) is 3.84. The van der Waals surface area contributed by atoms with Crippen LogP contribution in [0.1, 0.15) is 0 Å². The first kappa shape index (κ1) is 30.9. The first-order valence-corrected chi connectivity index (χ1v) is 18.9. The summed E-state index contributed by atoms with van der Waals surface area (Å²) in [6.07, 6.45) is 1.91. The molecule has 0 fully saturated rings. The summed E-state index contributed by atoms with van der Waals surface area (Å²) in [4.78, 5) is 10.4. The molecule has 12 rings (SSSR count). The summed E-state index contributed by atoms with van der Waals surface area (Å²) >= 11 is 0. The molecule has 4 heteroatoms. The molecule has 9 aromatic carbocycles. The van der Waals surface area contributed by atoms with E-state index in [-0.39, 0.29) is 0 Å². The fourth-order valence-corrected chi connectivity index (χ4v) is 8.77. The number of rotatable bonds is 4. The van der Waals surface area contributed by atoms with Gasteiger partial charge in [-0.3, -0.25) is 4.98 Å². The second-order valence-electron chi connectivity index (χ2n) is 14.4. The van der Waals surface area contributed by atoms with Gasteiger partial charge in [0, 0.05) is 54.6 Å². The highest BCUT2D eigenvalue weighted by molar-refractivity contribution is 6.26. The smallest absolute Gasteiger partial charge is 0.144 e. The first-order valence-electron chi connectivity index (χ1n) is 18.9. The summed E-state index contributed by atoms with van der Waals surface area (Å²) in [6.45, 7) is 0. The Hall–Kier alpha value is -7.56. The molecule has 0 aliphatic heterocycles. The normalized spacial score (nSPS) is 11.9. The molecule has 0 spiro atoms. The summed E-state index contributed by atoms with van der Waals surface area (Å²) in [7, 11) is 0. The van der Waals surface area contributed by atoms with E-state index in [9.17, 15) is 0 Å². The quantitative estimate of drug-likeness (QED) is 0.170. The molecule has 3 heterocycles. The molecule has 4 nitrogen and oxygen atoms in total. The third kappa shape index (κ3) is 4.53. The van der Waals surface area contributed by atoms with E-state index in [1.54, 1.807) is 0 Å². The van der Waals surface area contributed by atoms with E-state index in [2.05, 4.69) is 164 Å². The number of hydrogen-bond donors (Lipinski definition) is 0. The maximum Gasteiger partial charge on any atom is 0.144 e. The fraction of sp³-hybridized carbons (Fsp3) is 0. The average molecular weight is 715 g/mol. The van der Waals surface area contributed by atoms with Crippen molar-refractivity contribution in [1.82, 2.24) is 9.97 Å². The van der Waals surface area contributed by atoms with E-state index >= 15 is 0 Å². The minimum atomic E-state index is 0.808. The van der Waals surface area contributed by atoms with Crippen molar-refractivity contribution in [1.29, 1.82) is 0 Å². The second-order valence-corrected chi connectivity index (χ2v) is 14.4. The van der Waals surface area contributed by atoms with Gasteiger partial charge in [-0.15, -0.1) is 0 Å². The van der Waals surface area contributed by atoms with Gasteiger partial charge in [-0.1, -0.05) is 164 Å². The number of benzene rings is 9. The molecule has 0 aliphatic rings. The molecule has 0 bridgehead atoms.